The SMILES string of the molecule is CCNC(CCc1nccn1C)C1CCS(=O)(=O)C1. The zero-order valence-electron chi connectivity index (χ0n) is 11.7. The summed E-state index contributed by atoms with van der Waals surface area (Å²) in [5.74, 6) is 2.00. The van der Waals surface area contributed by atoms with Gasteiger partial charge in [-0.3, -0.25) is 0 Å². The van der Waals surface area contributed by atoms with Crippen molar-refractivity contribution in [1.29, 1.82) is 0 Å². The molecule has 2 rings (SSSR count). The topological polar surface area (TPSA) is 64.0 Å². The number of imidazole rings is 1. The lowest BCUT2D eigenvalue weighted by molar-refractivity contribution is 0.365. The Morgan fingerprint density at radius 1 is 1.58 bits per heavy atom. The molecule has 0 amide bonds. The first kappa shape index (κ1) is 14.5. The molecule has 6 heteroatoms. The van der Waals surface area contributed by atoms with Crippen LogP contribution in [0.25, 0.3) is 0 Å². The molecule has 1 N–H and O–H groups in total. The highest BCUT2D eigenvalue weighted by Crippen LogP contribution is 2.24. The molecule has 108 valence electrons. The summed E-state index contributed by atoms with van der Waals surface area (Å²) in [6.45, 7) is 2.94. The van der Waals surface area contributed by atoms with E-state index in [1.54, 1.807) is 6.20 Å². The molecule has 1 aromatic heterocycles. The van der Waals surface area contributed by atoms with E-state index in [0.29, 0.717) is 11.5 Å². The second kappa shape index (κ2) is 6.05. The van der Waals surface area contributed by atoms with E-state index in [0.717, 1.165) is 31.6 Å². The highest BCUT2D eigenvalue weighted by molar-refractivity contribution is 7.91. The van der Waals surface area contributed by atoms with E-state index in [1.807, 2.05) is 17.8 Å². The number of rotatable bonds is 6. The first-order chi connectivity index (χ1) is 9.02. The molecule has 0 aliphatic carbocycles. The van der Waals surface area contributed by atoms with Crippen molar-refractivity contribution in [3.05, 3.63) is 18.2 Å². The summed E-state index contributed by atoms with van der Waals surface area (Å²) in [7, 11) is -0.809. The van der Waals surface area contributed by atoms with Crippen LogP contribution in [0.1, 0.15) is 25.6 Å². The van der Waals surface area contributed by atoms with E-state index in [4.69, 9.17) is 0 Å². The van der Waals surface area contributed by atoms with Crippen molar-refractivity contribution in [2.24, 2.45) is 13.0 Å². The lowest BCUT2D eigenvalue weighted by Crippen LogP contribution is -2.37. The van der Waals surface area contributed by atoms with Crippen LogP contribution in [-0.4, -0.2) is 42.1 Å². The highest BCUT2D eigenvalue weighted by atomic mass is 32.2. The van der Waals surface area contributed by atoms with Gasteiger partial charge in [-0.05, 0) is 25.3 Å². The van der Waals surface area contributed by atoms with Gasteiger partial charge >= 0.3 is 0 Å². The third kappa shape index (κ3) is 3.79. The molecule has 1 aromatic rings. The Morgan fingerprint density at radius 2 is 2.37 bits per heavy atom. The summed E-state index contributed by atoms with van der Waals surface area (Å²) in [4.78, 5) is 4.32. The van der Waals surface area contributed by atoms with Gasteiger partial charge in [0.2, 0.25) is 0 Å². The third-order valence-electron chi connectivity index (χ3n) is 3.90. The lowest BCUT2D eigenvalue weighted by Gasteiger charge is -2.23. The van der Waals surface area contributed by atoms with Crippen LogP contribution in [0, 0.1) is 5.92 Å². The van der Waals surface area contributed by atoms with Crippen LogP contribution in [0.3, 0.4) is 0 Å². The standard InChI is InChI=1S/C13H23N3O2S/c1-3-14-12(11-6-9-19(17,18)10-11)4-5-13-15-7-8-16(13)2/h7-8,11-12,14H,3-6,9-10H2,1-2H3. The number of hydrogen-bond acceptors (Lipinski definition) is 4. The monoisotopic (exact) mass is 285 g/mol. The van der Waals surface area contributed by atoms with Gasteiger partial charge in [0.15, 0.2) is 9.84 Å². The number of aromatic nitrogens is 2. The van der Waals surface area contributed by atoms with Crippen LogP contribution in [0.5, 0.6) is 0 Å². The fourth-order valence-corrected chi connectivity index (χ4v) is 4.71. The second-order valence-corrected chi connectivity index (χ2v) is 7.55. The van der Waals surface area contributed by atoms with Gasteiger partial charge in [-0.2, -0.15) is 0 Å². The predicted molar refractivity (Wildman–Crippen MR) is 75.8 cm³/mol. The minimum absolute atomic E-state index is 0.255. The van der Waals surface area contributed by atoms with E-state index in [1.165, 1.54) is 0 Å². The Hall–Kier alpha value is -0.880. The summed E-state index contributed by atoms with van der Waals surface area (Å²) in [5, 5.41) is 3.44. The normalized spacial score (nSPS) is 23.6. The minimum Gasteiger partial charge on any atom is -0.338 e. The van der Waals surface area contributed by atoms with Crippen molar-refractivity contribution in [2.45, 2.75) is 32.2 Å². The fraction of sp³-hybridized carbons (Fsp3) is 0.769. The highest BCUT2D eigenvalue weighted by Gasteiger charge is 2.33. The Kier molecular flexibility index (Phi) is 4.62. The number of nitrogens with zero attached hydrogens (tertiary/aromatic N) is 2. The number of aryl methyl sites for hydroxylation is 2. The maximum Gasteiger partial charge on any atom is 0.150 e. The zero-order valence-corrected chi connectivity index (χ0v) is 12.5. The van der Waals surface area contributed by atoms with Crippen molar-refractivity contribution in [2.75, 3.05) is 18.1 Å². The minimum atomic E-state index is -2.80. The van der Waals surface area contributed by atoms with E-state index in [9.17, 15) is 8.42 Å². The molecule has 1 fully saturated rings. The summed E-state index contributed by atoms with van der Waals surface area (Å²) < 4.78 is 25.2. The van der Waals surface area contributed by atoms with Gasteiger partial charge in [0.1, 0.15) is 5.82 Å². The number of sulfone groups is 1. The van der Waals surface area contributed by atoms with Crippen molar-refractivity contribution >= 4 is 9.84 Å². The summed E-state index contributed by atoms with van der Waals surface area (Å²) in [6.07, 6.45) is 6.37. The van der Waals surface area contributed by atoms with Gasteiger partial charge in [-0.25, -0.2) is 13.4 Å². The van der Waals surface area contributed by atoms with E-state index in [-0.39, 0.29) is 12.0 Å². The molecular formula is C13H23N3O2S. The van der Waals surface area contributed by atoms with Crippen LogP contribution in [0.2, 0.25) is 0 Å². The first-order valence-electron chi connectivity index (χ1n) is 6.92. The Labute approximate surface area is 115 Å². The van der Waals surface area contributed by atoms with Crippen LogP contribution in [0.15, 0.2) is 12.4 Å². The van der Waals surface area contributed by atoms with Crippen LogP contribution in [-0.2, 0) is 23.3 Å². The molecule has 0 spiro atoms. The van der Waals surface area contributed by atoms with Gasteiger partial charge in [0.25, 0.3) is 0 Å². The second-order valence-electron chi connectivity index (χ2n) is 5.32. The van der Waals surface area contributed by atoms with Crippen molar-refractivity contribution < 1.29 is 8.42 Å². The molecule has 0 aromatic carbocycles. The van der Waals surface area contributed by atoms with Crippen molar-refractivity contribution in [3.8, 4) is 0 Å². The van der Waals surface area contributed by atoms with Gasteiger partial charge in [0.05, 0.1) is 11.5 Å². The smallest absolute Gasteiger partial charge is 0.150 e. The fourth-order valence-electron chi connectivity index (χ4n) is 2.83. The van der Waals surface area contributed by atoms with Crippen LogP contribution in [0.4, 0.5) is 0 Å². The predicted octanol–water partition coefficient (Wildman–Crippen LogP) is 0.766. The molecule has 2 heterocycles. The molecule has 19 heavy (non-hydrogen) atoms. The average Bonchev–Trinajstić information content (AvgIpc) is 2.91. The van der Waals surface area contributed by atoms with E-state index < -0.39 is 9.84 Å². The first-order valence-corrected chi connectivity index (χ1v) is 8.74. The third-order valence-corrected chi connectivity index (χ3v) is 5.70. The molecular weight excluding hydrogens is 262 g/mol. The molecule has 0 radical (unpaired) electrons. The van der Waals surface area contributed by atoms with Gasteiger partial charge < -0.3 is 9.88 Å². The molecule has 1 aliphatic rings. The Balaban J connectivity index is 1.95. The van der Waals surface area contributed by atoms with E-state index >= 15 is 0 Å². The van der Waals surface area contributed by atoms with Gasteiger partial charge in [-0.1, -0.05) is 6.92 Å². The maximum atomic E-state index is 11.6. The average molecular weight is 285 g/mol. The van der Waals surface area contributed by atoms with Crippen molar-refractivity contribution in [1.82, 2.24) is 14.9 Å². The maximum absolute atomic E-state index is 11.6. The van der Waals surface area contributed by atoms with E-state index in [2.05, 4.69) is 17.2 Å². The Morgan fingerprint density at radius 3 is 2.89 bits per heavy atom. The molecule has 1 saturated heterocycles. The summed E-state index contributed by atoms with van der Waals surface area (Å²) in [5.41, 5.74) is 0. The van der Waals surface area contributed by atoms with Crippen molar-refractivity contribution in [3.63, 3.8) is 0 Å². The molecule has 2 unspecified atom stereocenters. The van der Waals surface area contributed by atoms with Crippen LogP contribution >= 0.6 is 0 Å². The molecule has 5 nitrogen and oxygen atoms in total. The number of nitrogens with one attached hydrogen (secondary N) is 1. The number of hydrogen-bond donors (Lipinski definition) is 1. The quantitative estimate of drug-likeness (QED) is 0.838. The molecule has 2 atom stereocenters. The molecule has 0 saturated carbocycles. The molecule has 0 bridgehead atoms. The van der Waals surface area contributed by atoms with Crippen LogP contribution < -0.4 is 5.32 Å². The largest absolute Gasteiger partial charge is 0.338 e. The van der Waals surface area contributed by atoms with Gasteiger partial charge in [-0.15, -0.1) is 0 Å². The summed E-state index contributed by atoms with van der Waals surface area (Å²) in [6, 6.07) is 0.277. The van der Waals surface area contributed by atoms with Gasteiger partial charge in [0, 0.05) is 31.9 Å². The lowest BCUT2D eigenvalue weighted by atomic mass is 9.95. The summed E-state index contributed by atoms with van der Waals surface area (Å²) >= 11 is 0. The zero-order chi connectivity index (χ0) is 13.9. The molecule has 1 aliphatic heterocycles. The Bertz CT molecular complexity index is 510.